The van der Waals surface area contributed by atoms with Crippen molar-refractivity contribution in [3.8, 4) is 5.75 Å². The highest BCUT2D eigenvalue weighted by molar-refractivity contribution is 7.90. The molecular weight excluding hydrogens is 501 g/mol. The normalized spacial score (nSPS) is 11.0. The number of methoxy groups -OCH3 is 1. The Morgan fingerprint density at radius 2 is 1.76 bits per heavy atom. The first kappa shape index (κ1) is 25.5. The molecule has 0 spiro atoms. The third-order valence-corrected chi connectivity index (χ3v) is 6.75. The molecular formula is C23H21Cl2N3O5S. The molecule has 0 aliphatic rings. The lowest BCUT2D eigenvalue weighted by Crippen LogP contribution is -2.30. The van der Waals surface area contributed by atoms with Gasteiger partial charge in [0.2, 0.25) is 0 Å². The van der Waals surface area contributed by atoms with Crippen molar-refractivity contribution in [2.24, 2.45) is 0 Å². The van der Waals surface area contributed by atoms with E-state index in [1.165, 1.54) is 31.5 Å². The van der Waals surface area contributed by atoms with Crippen molar-refractivity contribution in [2.75, 3.05) is 13.7 Å². The molecule has 0 aliphatic heterocycles. The zero-order valence-corrected chi connectivity index (χ0v) is 20.4. The van der Waals surface area contributed by atoms with Crippen LogP contribution in [0.2, 0.25) is 5.02 Å². The van der Waals surface area contributed by atoms with Gasteiger partial charge >= 0.3 is 0 Å². The summed E-state index contributed by atoms with van der Waals surface area (Å²) in [6.07, 6.45) is 1.72. The molecule has 0 radical (unpaired) electrons. The highest BCUT2D eigenvalue weighted by Crippen LogP contribution is 2.21. The average Bonchev–Trinajstić information content (AvgIpc) is 2.84. The van der Waals surface area contributed by atoms with Gasteiger partial charge in [-0.1, -0.05) is 23.7 Å². The van der Waals surface area contributed by atoms with Crippen LogP contribution >= 0.6 is 23.2 Å². The van der Waals surface area contributed by atoms with Crippen LogP contribution in [0.25, 0.3) is 0 Å². The minimum absolute atomic E-state index is 0.0675. The van der Waals surface area contributed by atoms with E-state index in [9.17, 15) is 18.0 Å². The number of ether oxygens (including phenoxy) is 1. The number of aromatic nitrogens is 1. The quantitative estimate of drug-likeness (QED) is 0.416. The van der Waals surface area contributed by atoms with Gasteiger partial charge in [0.15, 0.2) is 0 Å². The Kier molecular flexibility index (Phi) is 8.49. The fraction of sp³-hybridized carbons (Fsp3) is 0.174. The Labute approximate surface area is 207 Å². The number of nitrogens with one attached hydrogen (secondary N) is 2. The summed E-state index contributed by atoms with van der Waals surface area (Å²) in [7, 11) is -2.57. The number of alkyl halides is 1. The van der Waals surface area contributed by atoms with Crippen molar-refractivity contribution in [3.05, 3.63) is 88.2 Å². The molecule has 8 nitrogen and oxygen atoms in total. The first-order valence-corrected chi connectivity index (χ1v) is 12.4. The number of pyridine rings is 1. The van der Waals surface area contributed by atoms with E-state index in [1.807, 2.05) is 4.72 Å². The highest BCUT2D eigenvalue weighted by atomic mass is 35.5. The maximum atomic E-state index is 12.5. The third-order valence-electron chi connectivity index (χ3n) is 4.80. The van der Waals surface area contributed by atoms with E-state index in [2.05, 4.69) is 10.3 Å². The minimum Gasteiger partial charge on any atom is -0.497 e. The number of halogens is 2. The summed E-state index contributed by atoms with van der Waals surface area (Å²) in [4.78, 5) is 28.6. The van der Waals surface area contributed by atoms with Crippen molar-refractivity contribution >= 4 is 45.0 Å². The molecule has 1 heterocycles. The van der Waals surface area contributed by atoms with E-state index < -0.39 is 15.9 Å². The van der Waals surface area contributed by atoms with Gasteiger partial charge in [-0.05, 0) is 54.4 Å². The molecule has 0 aliphatic carbocycles. The van der Waals surface area contributed by atoms with E-state index in [-0.39, 0.29) is 22.2 Å². The molecule has 0 unspecified atom stereocenters. The lowest BCUT2D eigenvalue weighted by molar-refractivity contribution is 0.0951. The zero-order chi connectivity index (χ0) is 24.7. The fourth-order valence-electron chi connectivity index (χ4n) is 2.93. The Balaban J connectivity index is 1.57. The number of rotatable bonds is 9. The predicted octanol–water partition coefficient (Wildman–Crippen LogP) is 3.57. The molecule has 178 valence electrons. The number of carbonyl (C=O) groups excluding carboxylic acids is 2. The van der Waals surface area contributed by atoms with Crippen LogP contribution in [0.4, 0.5) is 0 Å². The van der Waals surface area contributed by atoms with Crippen molar-refractivity contribution in [2.45, 2.75) is 17.2 Å². The molecule has 0 bridgehead atoms. The predicted molar refractivity (Wildman–Crippen MR) is 129 cm³/mol. The summed E-state index contributed by atoms with van der Waals surface area (Å²) in [6, 6.07) is 13.8. The Bertz CT molecular complexity index is 1280. The summed E-state index contributed by atoms with van der Waals surface area (Å²) >= 11 is 11.7. The SMILES string of the molecule is COc1ccc(Cl)c(C(=O)NCCc2ccc(S(=O)(=O)NC(=O)c3ccc(CCl)nc3)cc2)c1. The van der Waals surface area contributed by atoms with Gasteiger partial charge in [0.05, 0.1) is 39.7 Å². The van der Waals surface area contributed by atoms with Gasteiger partial charge in [-0.3, -0.25) is 14.6 Å². The van der Waals surface area contributed by atoms with Crippen LogP contribution in [0.1, 0.15) is 32.0 Å². The van der Waals surface area contributed by atoms with E-state index in [4.69, 9.17) is 27.9 Å². The van der Waals surface area contributed by atoms with Gasteiger partial charge in [0.1, 0.15) is 5.75 Å². The smallest absolute Gasteiger partial charge is 0.266 e. The van der Waals surface area contributed by atoms with Crippen LogP contribution in [0.3, 0.4) is 0 Å². The second-order valence-corrected chi connectivity index (χ2v) is 9.46. The molecule has 2 amide bonds. The summed E-state index contributed by atoms with van der Waals surface area (Å²) in [6.45, 7) is 0.306. The van der Waals surface area contributed by atoms with Crippen molar-refractivity contribution in [3.63, 3.8) is 0 Å². The minimum atomic E-state index is -4.07. The van der Waals surface area contributed by atoms with Crippen LogP contribution in [-0.4, -0.2) is 38.9 Å². The van der Waals surface area contributed by atoms with E-state index >= 15 is 0 Å². The van der Waals surface area contributed by atoms with Crippen LogP contribution in [0, 0.1) is 0 Å². The molecule has 2 N–H and O–H groups in total. The first-order chi connectivity index (χ1) is 16.2. The van der Waals surface area contributed by atoms with Gasteiger partial charge in [0.25, 0.3) is 21.8 Å². The summed E-state index contributed by atoms with van der Waals surface area (Å²) in [5.74, 6) is -0.441. The number of amides is 2. The van der Waals surface area contributed by atoms with Gasteiger partial charge in [-0.25, -0.2) is 13.1 Å². The number of benzene rings is 2. The monoisotopic (exact) mass is 521 g/mol. The van der Waals surface area contributed by atoms with Crippen LogP contribution in [0.15, 0.2) is 65.7 Å². The first-order valence-electron chi connectivity index (χ1n) is 10.0. The molecule has 0 atom stereocenters. The number of nitrogens with zero attached hydrogens (tertiary/aromatic N) is 1. The molecule has 3 aromatic rings. The van der Waals surface area contributed by atoms with E-state index in [0.29, 0.717) is 35.0 Å². The average molecular weight is 522 g/mol. The van der Waals surface area contributed by atoms with Crippen LogP contribution in [-0.2, 0) is 22.3 Å². The third kappa shape index (κ3) is 6.47. The standard InChI is InChI=1S/C23H21Cl2N3O5S/c1-33-18-6-9-21(25)20(12-18)23(30)26-11-10-15-2-7-19(8-3-15)34(31,32)28-22(29)16-4-5-17(13-24)27-14-16/h2-9,12,14H,10-11,13H2,1H3,(H,26,30)(H,28,29). The fourth-order valence-corrected chi connectivity index (χ4v) is 4.27. The van der Waals surface area contributed by atoms with Crippen molar-refractivity contribution < 1.29 is 22.7 Å². The molecule has 2 aromatic carbocycles. The number of hydrogen-bond acceptors (Lipinski definition) is 6. The van der Waals surface area contributed by atoms with Crippen molar-refractivity contribution in [1.82, 2.24) is 15.0 Å². The lowest BCUT2D eigenvalue weighted by atomic mass is 10.1. The molecule has 1 aromatic heterocycles. The lowest BCUT2D eigenvalue weighted by Gasteiger charge is -2.10. The molecule has 0 saturated heterocycles. The van der Waals surface area contributed by atoms with Crippen molar-refractivity contribution in [1.29, 1.82) is 0 Å². The highest BCUT2D eigenvalue weighted by Gasteiger charge is 2.19. The Hall–Kier alpha value is -3.14. The maximum absolute atomic E-state index is 12.5. The Morgan fingerprint density at radius 3 is 2.38 bits per heavy atom. The molecule has 3 rings (SSSR count). The van der Waals surface area contributed by atoms with E-state index in [1.54, 1.807) is 36.4 Å². The molecule has 0 fully saturated rings. The van der Waals surface area contributed by atoms with Gasteiger partial charge in [-0.2, -0.15) is 0 Å². The largest absolute Gasteiger partial charge is 0.497 e. The second-order valence-electron chi connectivity index (χ2n) is 7.10. The topological polar surface area (TPSA) is 114 Å². The number of hydrogen-bond donors (Lipinski definition) is 2. The summed E-state index contributed by atoms with van der Waals surface area (Å²) in [5, 5.41) is 3.07. The summed E-state index contributed by atoms with van der Waals surface area (Å²) < 4.78 is 32.2. The summed E-state index contributed by atoms with van der Waals surface area (Å²) in [5.41, 5.74) is 1.76. The van der Waals surface area contributed by atoms with E-state index in [0.717, 1.165) is 5.56 Å². The molecule has 0 saturated carbocycles. The van der Waals surface area contributed by atoms with Crippen LogP contribution in [0.5, 0.6) is 5.75 Å². The number of sulfonamides is 1. The van der Waals surface area contributed by atoms with Gasteiger partial charge in [-0.15, -0.1) is 11.6 Å². The van der Waals surface area contributed by atoms with Gasteiger partial charge < -0.3 is 10.1 Å². The number of carbonyl (C=O) groups is 2. The maximum Gasteiger partial charge on any atom is 0.266 e. The Morgan fingerprint density at radius 1 is 1.03 bits per heavy atom. The zero-order valence-electron chi connectivity index (χ0n) is 18.0. The van der Waals surface area contributed by atoms with Crippen LogP contribution < -0.4 is 14.8 Å². The molecule has 34 heavy (non-hydrogen) atoms. The molecule has 11 heteroatoms. The second kappa shape index (κ2) is 11.3. The van der Waals surface area contributed by atoms with Gasteiger partial charge in [0, 0.05) is 12.7 Å².